The van der Waals surface area contributed by atoms with Gasteiger partial charge in [-0.05, 0) is 32.9 Å². The zero-order valence-electron chi connectivity index (χ0n) is 15.1. The predicted molar refractivity (Wildman–Crippen MR) is 93.0 cm³/mol. The molecule has 0 unspecified atom stereocenters. The number of carbonyl (C=O) groups excluding carboxylic acids is 1. The maximum Gasteiger partial charge on any atom is 0.330 e. The van der Waals surface area contributed by atoms with Crippen molar-refractivity contribution in [1.29, 1.82) is 0 Å². The number of H-pyrrole nitrogens is 1. The van der Waals surface area contributed by atoms with Crippen molar-refractivity contribution < 1.29 is 24.5 Å². The Kier molecular flexibility index (Phi) is 6.10. The van der Waals surface area contributed by atoms with Gasteiger partial charge in [0.2, 0.25) is 0 Å². The number of esters is 1. The molecule has 1 aromatic rings. The second-order valence-corrected chi connectivity index (χ2v) is 6.89. The second kappa shape index (κ2) is 8.34. The fourth-order valence-corrected chi connectivity index (χ4v) is 3.60. The van der Waals surface area contributed by atoms with E-state index in [1.54, 1.807) is 6.92 Å². The lowest BCUT2D eigenvalue weighted by atomic mass is 9.96. The van der Waals surface area contributed by atoms with Crippen LogP contribution in [-0.4, -0.2) is 75.2 Å². The molecule has 4 atom stereocenters. The van der Waals surface area contributed by atoms with Crippen LogP contribution >= 0.6 is 0 Å². The van der Waals surface area contributed by atoms with Crippen molar-refractivity contribution in [3.05, 3.63) is 33.1 Å². The van der Waals surface area contributed by atoms with E-state index in [1.165, 1.54) is 6.20 Å². The number of carbonyl (C=O) groups is 1. The molecule has 3 N–H and O–H groups in total. The van der Waals surface area contributed by atoms with Gasteiger partial charge in [0.05, 0.1) is 12.5 Å². The number of aliphatic hydroxyl groups excluding tert-OH is 2. The Labute approximate surface area is 155 Å². The van der Waals surface area contributed by atoms with Crippen LogP contribution in [0, 0.1) is 5.92 Å². The summed E-state index contributed by atoms with van der Waals surface area (Å²) in [6.45, 7) is 3.80. The first-order valence-electron chi connectivity index (χ1n) is 9.12. The normalized spacial score (nSPS) is 29.7. The Morgan fingerprint density at radius 3 is 2.63 bits per heavy atom. The molecule has 0 radical (unpaired) electrons. The smallest absolute Gasteiger partial charge is 0.330 e. The molecule has 0 bridgehead atoms. The zero-order chi connectivity index (χ0) is 19.6. The molecule has 27 heavy (non-hydrogen) atoms. The molecule has 2 aliphatic rings. The Hall–Kier alpha value is -2.01. The summed E-state index contributed by atoms with van der Waals surface area (Å²) in [5.41, 5.74) is -1.26. The van der Waals surface area contributed by atoms with E-state index < -0.39 is 35.8 Å². The molecule has 0 amide bonds. The molecular formula is C17H25N3O7. The second-order valence-electron chi connectivity index (χ2n) is 6.89. The van der Waals surface area contributed by atoms with Crippen molar-refractivity contribution in [2.45, 2.75) is 44.3 Å². The number of nitrogens with zero attached hydrogens (tertiary/aromatic N) is 2. The summed E-state index contributed by atoms with van der Waals surface area (Å²) >= 11 is 0. The van der Waals surface area contributed by atoms with Crippen LogP contribution in [0.5, 0.6) is 0 Å². The fraction of sp³-hybridized carbons (Fsp3) is 0.706. The summed E-state index contributed by atoms with van der Waals surface area (Å²) in [7, 11) is 0. The molecule has 10 heteroatoms. The summed E-state index contributed by atoms with van der Waals surface area (Å²) in [6.07, 6.45) is -1.68. The summed E-state index contributed by atoms with van der Waals surface area (Å²) in [5, 5.41) is 20.6. The van der Waals surface area contributed by atoms with Crippen LogP contribution in [0.2, 0.25) is 0 Å². The molecule has 0 aromatic carbocycles. The summed E-state index contributed by atoms with van der Waals surface area (Å²) < 4.78 is 11.8. The van der Waals surface area contributed by atoms with Crippen LogP contribution in [0.25, 0.3) is 0 Å². The maximum absolute atomic E-state index is 11.9. The highest BCUT2D eigenvalue weighted by molar-refractivity contribution is 5.72. The van der Waals surface area contributed by atoms with Crippen molar-refractivity contribution in [3.63, 3.8) is 0 Å². The van der Waals surface area contributed by atoms with Gasteiger partial charge in [-0.3, -0.25) is 19.1 Å². The van der Waals surface area contributed by atoms with E-state index >= 15 is 0 Å². The number of aromatic amines is 1. The van der Waals surface area contributed by atoms with Crippen molar-refractivity contribution >= 4 is 5.97 Å². The van der Waals surface area contributed by atoms with E-state index in [2.05, 4.69) is 4.98 Å². The third kappa shape index (κ3) is 4.29. The molecule has 2 saturated heterocycles. The molecule has 10 nitrogen and oxygen atoms in total. The van der Waals surface area contributed by atoms with Gasteiger partial charge < -0.3 is 24.6 Å². The number of rotatable bonds is 5. The highest BCUT2D eigenvalue weighted by Gasteiger charge is 2.45. The lowest BCUT2D eigenvalue weighted by Gasteiger charge is -2.32. The van der Waals surface area contributed by atoms with Crippen molar-refractivity contribution in [2.75, 3.05) is 26.2 Å². The monoisotopic (exact) mass is 383 g/mol. The number of hydrogen-bond acceptors (Lipinski definition) is 8. The van der Waals surface area contributed by atoms with Crippen molar-refractivity contribution in [2.24, 2.45) is 5.92 Å². The van der Waals surface area contributed by atoms with Gasteiger partial charge in [-0.2, -0.15) is 0 Å². The Morgan fingerprint density at radius 2 is 2.00 bits per heavy atom. The van der Waals surface area contributed by atoms with E-state index in [-0.39, 0.29) is 11.9 Å². The first kappa shape index (κ1) is 19.7. The van der Waals surface area contributed by atoms with E-state index in [0.717, 1.165) is 10.6 Å². The molecule has 3 rings (SSSR count). The lowest BCUT2D eigenvalue weighted by molar-refractivity contribution is -0.149. The number of nitrogens with one attached hydrogen (secondary N) is 1. The number of ether oxygens (including phenoxy) is 2. The molecule has 2 fully saturated rings. The molecule has 3 heterocycles. The van der Waals surface area contributed by atoms with Gasteiger partial charge in [0.25, 0.3) is 5.56 Å². The maximum atomic E-state index is 11.9. The van der Waals surface area contributed by atoms with Crippen LogP contribution in [-0.2, 0) is 14.3 Å². The first-order chi connectivity index (χ1) is 12.9. The quantitative estimate of drug-likeness (QED) is 0.519. The summed E-state index contributed by atoms with van der Waals surface area (Å²) in [6, 6.07) is 1.15. The number of piperidine rings is 1. The minimum atomic E-state index is -1.30. The molecule has 1 aromatic heterocycles. The third-order valence-electron chi connectivity index (χ3n) is 5.11. The van der Waals surface area contributed by atoms with Crippen LogP contribution < -0.4 is 11.2 Å². The summed E-state index contributed by atoms with van der Waals surface area (Å²) in [4.78, 5) is 39.0. The Balaban J connectivity index is 1.59. The fourth-order valence-electron chi connectivity index (χ4n) is 3.60. The van der Waals surface area contributed by atoms with Crippen LogP contribution in [0.1, 0.15) is 26.0 Å². The van der Waals surface area contributed by atoms with Crippen molar-refractivity contribution in [1.82, 2.24) is 14.5 Å². The SMILES string of the molecule is CCOC(=O)C1CCN(C[C@@H]2O[C@@H](n3ccc(=O)[nH]c3=O)[C@H](O)[C@H]2O)CC1. The van der Waals surface area contributed by atoms with Gasteiger partial charge in [-0.15, -0.1) is 0 Å². The highest BCUT2D eigenvalue weighted by Crippen LogP contribution is 2.29. The standard InChI is InChI=1S/C17H25N3O7/c1-2-26-16(24)10-3-6-19(7-4-10)9-11-13(22)14(23)15(27-11)20-8-5-12(21)18-17(20)25/h5,8,10-11,13-15,22-23H,2-4,6-7,9H2,1H3,(H,18,21,25)/t11-,13-,14+,15+/m0/s1. The van der Waals surface area contributed by atoms with Gasteiger partial charge in [-0.25, -0.2) is 4.79 Å². The van der Waals surface area contributed by atoms with Gasteiger partial charge >= 0.3 is 11.7 Å². The minimum Gasteiger partial charge on any atom is -0.466 e. The van der Waals surface area contributed by atoms with Crippen LogP contribution in [0.4, 0.5) is 0 Å². The molecular weight excluding hydrogens is 358 g/mol. The molecule has 0 spiro atoms. The van der Waals surface area contributed by atoms with Crippen LogP contribution in [0.3, 0.4) is 0 Å². The Bertz CT molecular complexity index is 768. The van der Waals surface area contributed by atoms with Gasteiger partial charge in [0.1, 0.15) is 18.3 Å². The predicted octanol–water partition coefficient (Wildman–Crippen LogP) is -1.57. The average molecular weight is 383 g/mol. The third-order valence-corrected chi connectivity index (χ3v) is 5.11. The molecule has 2 aliphatic heterocycles. The molecule has 0 aliphatic carbocycles. The topological polar surface area (TPSA) is 134 Å². The van der Waals surface area contributed by atoms with E-state index in [9.17, 15) is 24.6 Å². The van der Waals surface area contributed by atoms with Crippen LogP contribution in [0.15, 0.2) is 21.9 Å². The summed E-state index contributed by atoms with van der Waals surface area (Å²) in [5.74, 6) is -0.295. The average Bonchev–Trinajstić information content (AvgIpc) is 2.91. The van der Waals surface area contributed by atoms with E-state index in [0.29, 0.717) is 39.1 Å². The number of aliphatic hydroxyl groups is 2. The zero-order valence-corrected chi connectivity index (χ0v) is 15.1. The van der Waals surface area contributed by atoms with E-state index in [1.807, 2.05) is 4.90 Å². The number of aromatic nitrogens is 2. The molecule has 0 saturated carbocycles. The van der Waals surface area contributed by atoms with E-state index in [4.69, 9.17) is 9.47 Å². The first-order valence-corrected chi connectivity index (χ1v) is 9.12. The largest absolute Gasteiger partial charge is 0.466 e. The molecule has 150 valence electrons. The Morgan fingerprint density at radius 1 is 1.30 bits per heavy atom. The minimum absolute atomic E-state index is 0.117. The number of hydrogen-bond donors (Lipinski definition) is 3. The van der Waals surface area contributed by atoms with Gasteiger partial charge in [0, 0.05) is 18.8 Å². The lowest BCUT2D eigenvalue weighted by Crippen LogP contribution is -2.44. The highest BCUT2D eigenvalue weighted by atomic mass is 16.6. The van der Waals surface area contributed by atoms with Crippen molar-refractivity contribution in [3.8, 4) is 0 Å². The van der Waals surface area contributed by atoms with Gasteiger partial charge in [-0.1, -0.05) is 0 Å². The van der Waals surface area contributed by atoms with Gasteiger partial charge in [0.15, 0.2) is 6.23 Å². The number of likely N-dealkylation sites (tertiary alicyclic amines) is 1.